The highest BCUT2D eigenvalue weighted by Crippen LogP contribution is 2.36. The largest absolute Gasteiger partial charge is 0.496 e. The molecule has 2 heterocycles. The van der Waals surface area contributed by atoms with Gasteiger partial charge in [0.2, 0.25) is 0 Å². The van der Waals surface area contributed by atoms with Gasteiger partial charge in [0.15, 0.2) is 11.6 Å². The number of benzene rings is 1. The van der Waals surface area contributed by atoms with Crippen molar-refractivity contribution in [1.82, 2.24) is 9.97 Å². The van der Waals surface area contributed by atoms with Gasteiger partial charge in [-0.25, -0.2) is 14.4 Å². The van der Waals surface area contributed by atoms with Crippen LogP contribution in [0.1, 0.15) is 47.0 Å². The van der Waals surface area contributed by atoms with Crippen LogP contribution >= 0.6 is 20.8 Å². The van der Waals surface area contributed by atoms with Crippen LogP contribution in [-0.4, -0.2) is 37.3 Å². The monoisotopic (exact) mass is 493 g/mol. The van der Waals surface area contributed by atoms with Crippen LogP contribution in [-0.2, 0) is 0 Å². The predicted molar refractivity (Wildman–Crippen MR) is 141 cm³/mol. The second kappa shape index (κ2) is 12.9. The highest BCUT2D eigenvalue weighted by atomic mass is 35.5. The number of rotatable bonds is 8. The van der Waals surface area contributed by atoms with Crippen LogP contribution in [0.15, 0.2) is 24.4 Å². The molecule has 0 radical (unpaired) electrons. The van der Waals surface area contributed by atoms with E-state index in [9.17, 15) is 0 Å². The van der Waals surface area contributed by atoms with Gasteiger partial charge in [-0.3, -0.25) is 0 Å². The van der Waals surface area contributed by atoms with Crippen molar-refractivity contribution in [3.8, 4) is 22.8 Å². The smallest absolute Gasteiger partial charge is 0.175 e. The van der Waals surface area contributed by atoms with Gasteiger partial charge in [0.05, 0.1) is 25.5 Å². The minimum absolute atomic E-state index is 0.102. The minimum Gasteiger partial charge on any atom is -0.496 e. The maximum Gasteiger partial charge on any atom is 0.175 e. The van der Waals surface area contributed by atoms with Crippen LogP contribution < -0.4 is 19.7 Å². The Morgan fingerprint density at radius 3 is 2.15 bits per heavy atom. The normalized spacial score (nSPS) is 10.6. The van der Waals surface area contributed by atoms with Crippen LogP contribution in [0.4, 0.5) is 10.2 Å². The van der Waals surface area contributed by atoms with Gasteiger partial charge in [-0.1, -0.05) is 45.7 Å². The average Bonchev–Trinajstić information content (AvgIpc) is 2.79. The number of hydrogen-bond acceptors (Lipinski definition) is 5. The maximum atomic E-state index is 15.3. The predicted octanol–water partition coefficient (Wildman–Crippen LogP) is 6.65. The molecule has 5 nitrogen and oxygen atoms in total. The van der Waals surface area contributed by atoms with E-state index in [1.165, 1.54) is 19.6 Å². The summed E-state index contributed by atoms with van der Waals surface area (Å²) in [5, 5.41) is 2.70. The summed E-state index contributed by atoms with van der Waals surface area (Å²) in [4.78, 5) is 11.3. The number of aromatic nitrogens is 2. The van der Waals surface area contributed by atoms with Gasteiger partial charge in [0, 0.05) is 41.4 Å². The quantitative estimate of drug-likeness (QED) is 0.260. The lowest BCUT2D eigenvalue weighted by Gasteiger charge is -2.25. The number of nitrogens with zero attached hydrogens (tertiary/aromatic N) is 3. The molecule has 33 heavy (non-hydrogen) atoms. The first-order chi connectivity index (χ1) is 15.9. The zero-order valence-electron chi connectivity index (χ0n) is 20.3. The molecule has 1 aromatic carbocycles. The topological polar surface area (TPSA) is 47.5 Å². The van der Waals surface area contributed by atoms with Gasteiger partial charge in [-0.2, -0.15) is 0 Å². The molecule has 3 aromatic rings. The highest BCUT2D eigenvalue weighted by molar-refractivity contribution is 7.28. The van der Waals surface area contributed by atoms with Gasteiger partial charge >= 0.3 is 0 Å². The van der Waals surface area contributed by atoms with Crippen molar-refractivity contribution in [2.75, 3.05) is 32.2 Å². The summed E-state index contributed by atoms with van der Waals surface area (Å²) >= 11 is 6.18. The molecular formula is C25H34ClFN3O2P. The molecule has 0 amide bonds. The Balaban J connectivity index is 0.00000122. The van der Waals surface area contributed by atoms with Gasteiger partial charge in [-0.05, 0) is 25.0 Å². The number of methoxy groups -OCH3 is 2. The Kier molecular flexibility index (Phi) is 10.6. The molecule has 0 saturated carbocycles. The lowest BCUT2D eigenvalue weighted by atomic mass is 10.1. The van der Waals surface area contributed by atoms with Crippen LogP contribution in [0.25, 0.3) is 22.0 Å². The van der Waals surface area contributed by atoms with Crippen molar-refractivity contribution in [1.29, 1.82) is 0 Å². The molecule has 0 fully saturated rings. The molecule has 3 rings (SSSR count). The van der Waals surface area contributed by atoms with E-state index in [0.29, 0.717) is 27.5 Å². The fourth-order valence-electron chi connectivity index (χ4n) is 3.53. The summed E-state index contributed by atoms with van der Waals surface area (Å²) in [6, 6.07) is 5.17. The third kappa shape index (κ3) is 6.24. The van der Waals surface area contributed by atoms with Crippen molar-refractivity contribution < 1.29 is 13.9 Å². The summed E-state index contributed by atoms with van der Waals surface area (Å²) in [7, 11) is 5.53. The molecule has 1 atom stereocenters. The van der Waals surface area contributed by atoms with E-state index in [1.54, 1.807) is 13.3 Å². The minimum atomic E-state index is -0.486. The average molecular weight is 494 g/mol. The summed E-state index contributed by atoms with van der Waals surface area (Å²) in [5.74, 6) is 0.885. The fourth-order valence-corrected chi connectivity index (χ4v) is 4.16. The zero-order chi connectivity index (χ0) is 24.5. The van der Waals surface area contributed by atoms with Gasteiger partial charge in [0.25, 0.3) is 0 Å². The maximum absolute atomic E-state index is 15.3. The van der Waals surface area contributed by atoms with Crippen LogP contribution in [0.3, 0.4) is 0 Å². The SMILES string of the molecule is CCC.CCCN(CCC)c1nc(-c2c(F)c(OC)cc(OC)c2P)cc2cnc(Cl)cc12. The molecule has 0 N–H and O–H groups in total. The van der Waals surface area contributed by atoms with Crippen LogP contribution in [0.5, 0.6) is 11.5 Å². The first-order valence-corrected chi connectivity index (χ1v) is 12.2. The van der Waals surface area contributed by atoms with Gasteiger partial charge in [0.1, 0.15) is 16.7 Å². The van der Waals surface area contributed by atoms with E-state index < -0.39 is 5.82 Å². The van der Waals surface area contributed by atoms with Crippen molar-refractivity contribution in [3.05, 3.63) is 35.4 Å². The molecule has 8 heteroatoms. The summed E-state index contributed by atoms with van der Waals surface area (Å²) < 4.78 is 26.0. The number of pyridine rings is 2. The summed E-state index contributed by atoms with van der Waals surface area (Å²) in [5.41, 5.74) is 0.806. The summed E-state index contributed by atoms with van der Waals surface area (Å²) in [6.07, 6.45) is 4.87. The molecule has 0 aliphatic heterocycles. The number of halogens is 2. The van der Waals surface area contributed by atoms with E-state index in [2.05, 4.69) is 46.8 Å². The second-order valence-corrected chi connectivity index (χ2v) is 8.60. The Hall–Kier alpha value is -2.17. The number of ether oxygens (including phenoxy) is 2. The van der Waals surface area contributed by atoms with E-state index in [0.717, 1.165) is 42.5 Å². The number of anilines is 1. The molecule has 0 saturated heterocycles. The lowest BCUT2D eigenvalue weighted by Crippen LogP contribution is -2.26. The molecular weight excluding hydrogens is 460 g/mol. The lowest BCUT2D eigenvalue weighted by molar-refractivity contribution is 0.376. The Morgan fingerprint density at radius 2 is 1.61 bits per heavy atom. The summed E-state index contributed by atoms with van der Waals surface area (Å²) in [6.45, 7) is 10.2. The zero-order valence-corrected chi connectivity index (χ0v) is 22.2. The molecule has 1 unspecified atom stereocenters. The van der Waals surface area contributed by atoms with Gasteiger partial charge in [-0.15, -0.1) is 9.24 Å². The molecule has 0 aliphatic carbocycles. The van der Waals surface area contributed by atoms with Crippen LogP contribution in [0.2, 0.25) is 5.15 Å². The third-order valence-electron chi connectivity index (χ3n) is 4.88. The second-order valence-electron chi connectivity index (χ2n) is 7.64. The standard InChI is InChI=1S/C22H26ClFN3O2P.C3H8/c1-5-7-27(8-6-2)22-14-10-18(23)25-12-13(14)9-15(26-22)19-20(24)16(28-3)11-17(29-4)21(19)30;1-3-2/h9-12H,5-8,30H2,1-4H3;3H2,1-2H3. The fraction of sp³-hybridized carbons (Fsp3) is 0.440. The number of hydrogen-bond donors (Lipinski definition) is 0. The van der Waals surface area contributed by atoms with E-state index in [4.69, 9.17) is 26.1 Å². The van der Waals surface area contributed by atoms with E-state index >= 15 is 4.39 Å². The molecule has 2 aromatic heterocycles. The molecule has 0 spiro atoms. The van der Waals surface area contributed by atoms with Crippen LogP contribution in [0, 0.1) is 5.82 Å². The molecule has 0 aliphatic rings. The van der Waals surface area contributed by atoms with Crippen molar-refractivity contribution in [2.45, 2.75) is 47.0 Å². The van der Waals surface area contributed by atoms with E-state index in [1.807, 2.05) is 12.1 Å². The third-order valence-corrected chi connectivity index (χ3v) is 5.66. The van der Waals surface area contributed by atoms with Crippen molar-refractivity contribution in [2.24, 2.45) is 0 Å². The Labute approximate surface area is 203 Å². The highest BCUT2D eigenvalue weighted by Gasteiger charge is 2.22. The van der Waals surface area contributed by atoms with E-state index in [-0.39, 0.29) is 5.75 Å². The van der Waals surface area contributed by atoms with Gasteiger partial charge < -0.3 is 14.4 Å². The Morgan fingerprint density at radius 1 is 1.00 bits per heavy atom. The number of fused-ring (bicyclic) bond motifs is 1. The molecule has 180 valence electrons. The first-order valence-electron chi connectivity index (χ1n) is 11.3. The Bertz CT molecular complexity index is 1050. The molecule has 0 bridgehead atoms. The van der Waals surface area contributed by atoms with Crippen molar-refractivity contribution in [3.63, 3.8) is 0 Å². The van der Waals surface area contributed by atoms with Crippen molar-refractivity contribution >= 4 is 42.7 Å². The first kappa shape index (κ1) is 27.1.